The second-order valence-corrected chi connectivity index (χ2v) is 25.3. The lowest BCUT2D eigenvalue weighted by atomic mass is 9.71. The molecule has 2 aliphatic carbocycles. The summed E-state index contributed by atoms with van der Waals surface area (Å²) in [5.74, 6) is 2.96. The van der Waals surface area contributed by atoms with Gasteiger partial charge in [-0.15, -0.1) is 0 Å². The van der Waals surface area contributed by atoms with Crippen LogP contribution in [0.2, 0.25) is 0 Å². The molecular formula is C56H98N12O6. The third-order valence-corrected chi connectivity index (χ3v) is 16.3. The fraction of sp³-hybridized carbons (Fsp3) is 0.893. The number of hydrogen-bond acceptors (Lipinski definition) is 18. The van der Waals surface area contributed by atoms with Crippen molar-refractivity contribution in [1.82, 2.24) is 40.0 Å². The Morgan fingerprint density at radius 1 is 0.500 bits per heavy atom. The molecule has 0 bridgehead atoms. The van der Waals surface area contributed by atoms with E-state index in [-0.39, 0.29) is 46.4 Å². The zero-order valence-electron chi connectivity index (χ0n) is 47.4. The predicted molar refractivity (Wildman–Crippen MR) is 292 cm³/mol. The van der Waals surface area contributed by atoms with Gasteiger partial charge >= 0.3 is 12.0 Å². The first-order valence-corrected chi connectivity index (χ1v) is 29.4. The summed E-state index contributed by atoms with van der Waals surface area (Å²) in [6.07, 6.45) is 25.3. The van der Waals surface area contributed by atoms with Gasteiger partial charge in [-0.1, -0.05) is 78.1 Å². The van der Waals surface area contributed by atoms with E-state index in [1.54, 1.807) is 0 Å². The maximum atomic E-state index is 6.85. The highest BCUT2D eigenvalue weighted by Crippen LogP contribution is 2.47. The summed E-state index contributed by atoms with van der Waals surface area (Å²) in [6, 6.07) is 1.01. The van der Waals surface area contributed by atoms with Gasteiger partial charge in [-0.05, 0) is 144 Å². The average molecular weight is 1040 g/mol. The van der Waals surface area contributed by atoms with Crippen molar-refractivity contribution in [3.63, 3.8) is 0 Å². The number of ether oxygens (including phenoxy) is 4. The fourth-order valence-corrected chi connectivity index (χ4v) is 13.1. The summed E-state index contributed by atoms with van der Waals surface area (Å²) >= 11 is 0. The van der Waals surface area contributed by atoms with Crippen LogP contribution < -0.4 is 30.7 Å². The number of nitrogens with one attached hydrogen (secondary N) is 4. The van der Waals surface area contributed by atoms with Gasteiger partial charge < -0.3 is 40.2 Å². The summed E-state index contributed by atoms with van der Waals surface area (Å²) in [5.41, 5.74) is -0.478. The average Bonchev–Trinajstić information content (AvgIpc) is 4.30. The number of rotatable bonds is 29. The standard InChI is InChI=1S/C56H98N12O6/c1-11-23-45(39-31-53(3,4)67(54(5,6)32-39)73-41-25-17-15-18-26-41)59-49-61-47(63-51(65-49)71-37-43-35-69-43)57-29-21-13-14-22-30-58-48-62-50(66-52(64-48)72-38-44-36-70-44)60-46(24-12-2)40-33-55(7,8)68(56(9,10)34-40)74-42-27-19-16-20-28-42/h39-46H,11-38H2,1-10H3,(H2,57,59,61,63,65)(H2,58,60,62,64,66). The van der Waals surface area contributed by atoms with Gasteiger partial charge in [0, 0.05) is 47.3 Å². The minimum Gasteiger partial charge on any atom is -0.460 e. The van der Waals surface area contributed by atoms with Crippen molar-refractivity contribution in [2.45, 2.75) is 269 Å². The van der Waals surface area contributed by atoms with Crippen LogP contribution in [0.25, 0.3) is 0 Å². The summed E-state index contributed by atoms with van der Waals surface area (Å²) < 4.78 is 23.0. The van der Waals surface area contributed by atoms with Crippen LogP contribution in [0, 0.1) is 11.8 Å². The zero-order valence-corrected chi connectivity index (χ0v) is 47.4. The van der Waals surface area contributed by atoms with Crippen molar-refractivity contribution >= 4 is 23.8 Å². The van der Waals surface area contributed by atoms with Gasteiger partial charge in [0.15, 0.2) is 0 Å². The predicted octanol–water partition coefficient (Wildman–Crippen LogP) is 10.9. The Kier molecular flexibility index (Phi) is 19.8. The van der Waals surface area contributed by atoms with E-state index in [1.807, 2.05) is 0 Å². The summed E-state index contributed by atoms with van der Waals surface area (Å²) in [4.78, 5) is 42.5. The van der Waals surface area contributed by atoms with E-state index < -0.39 is 0 Å². The third-order valence-electron chi connectivity index (χ3n) is 16.3. The molecular weight excluding hydrogens is 937 g/mol. The third kappa shape index (κ3) is 16.5. The Morgan fingerprint density at radius 2 is 0.851 bits per heavy atom. The van der Waals surface area contributed by atoms with E-state index in [9.17, 15) is 0 Å². The molecule has 4 aliphatic heterocycles. The van der Waals surface area contributed by atoms with Gasteiger partial charge in [-0.25, -0.2) is 0 Å². The van der Waals surface area contributed by atoms with Crippen LogP contribution in [-0.4, -0.2) is 138 Å². The van der Waals surface area contributed by atoms with Crippen LogP contribution in [0.1, 0.15) is 210 Å². The molecule has 18 heteroatoms. The highest BCUT2D eigenvalue weighted by Gasteiger charge is 2.51. The molecule has 2 saturated carbocycles. The first-order chi connectivity index (χ1) is 35.5. The molecule has 2 aromatic heterocycles. The Balaban J connectivity index is 0.831. The minimum atomic E-state index is -0.119. The van der Waals surface area contributed by atoms with Crippen LogP contribution in [0.5, 0.6) is 12.0 Å². The zero-order chi connectivity index (χ0) is 52.4. The molecule has 2 aromatic rings. The fourth-order valence-electron chi connectivity index (χ4n) is 13.1. The highest BCUT2D eigenvalue weighted by molar-refractivity contribution is 5.38. The van der Waals surface area contributed by atoms with Crippen molar-refractivity contribution in [2.24, 2.45) is 11.8 Å². The van der Waals surface area contributed by atoms with Crippen LogP contribution in [-0.2, 0) is 19.1 Å². The minimum absolute atomic E-state index is 0.0952. The maximum Gasteiger partial charge on any atom is 0.323 e. The summed E-state index contributed by atoms with van der Waals surface area (Å²) in [6.45, 7) is 27.0. The van der Waals surface area contributed by atoms with E-state index in [1.165, 1.54) is 38.5 Å². The van der Waals surface area contributed by atoms with E-state index in [2.05, 4.69) is 111 Å². The SMILES string of the molecule is CCCC(Nc1nc(NCCCCCCNc2nc(NC(CCC)C3CC(C)(C)N(OC4CCCCC4)C(C)(C)C3)nc(OCC3CO3)n2)nc(OCC2CO2)n1)C1CC(C)(C)N(OC2CCCCC2)C(C)(C)C1. The quantitative estimate of drug-likeness (QED) is 0.0443. The number of unbranched alkanes of at least 4 members (excludes halogenated alkanes) is 3. The number of anilines is 4. The van der Waals surface area contributed by atoms with Crippen LogP contribution in [0.3, 0.4) is 0 Å². The van der Waals surface area contributed by atoms with E-state index in [0.717, 1.165) is 116 Å². The molecule has 0 aromatic carbocycles. The van der Waals surface area contributed by atoms with Gasteiger partial charge in [-0.2, -0.15) is 40.0 Å². The molecule has 4 atom stereocenters. The summed E-state index contributed by atoms with van der Waals surface area (Å²) in [5, 5.41) is 19.3. The molecule has 4 saturated heterocycles. The second-order valence-electron chi connectivity index (χ2n) is 25.3. The lowest BCUT2D eigenvalue weighted by molar-refractivity contribution is -0.314. The van der Waals surface area contributed by atoms with Crippen molar-refractivity contribution in [2.75, 3.05) is 60.8 Å². The number of nitrogens with zero attached hydrogens (tertiary/aromatic N) is 8. The number of epoxide rings is 2. The lowest BCUT2D eigenvalue weighted by Gasteiger charge is -2.56. The topological polar surface area (TPSA) is 194 Å². The van der Waals surface area contributed by atoms with E-state index in [4.69, 9.17) is 48.6 Å². The Hall–Kier alpha value is -3.42. The largest absolute Gasteiger partial charge is 0.460 e. The summed E-state index contributed by atoms with van der Waals surface area (Å²) in [7, 11) is 0. The molecule has 18 nitrogen and oxygen atoms in total. The van der Waals surface area contributed by atoms with Gasteiger partial charge in [0.1, 0.15) is 25.4 Å². The monoisotopic (exact) mass is 1030 g/mol. The molecule has 6 fully saturated rings. The highest BCUT2D eigenvalue weighted by atomic mass is 16.7. The van der Waals surface area contributed by atoms with Crippen LogP contribution in [0.4, 0.5) is 23.8 Å². The Bertz CT molecular complexity index is 1850. The molecule has 418 valence electrons. The van der Waals surface area contributed by atoms with Crippen molar-refractivity contribution < 1.29 is 28.6 Å². The normalized spacial score (nSPS) is 25.2. The Labute approximate surface area is 444 Å². The maximum absolute atomic E-state index is 6.85. The number of aromatic nitrogens is 6. The molecule has 0 spiro atoms. The molecule has 4 N–H and O–H groups in total. The molecule has 0 amide bonds. The van der Waals surface area contributed by atoms with Crippen LogP contribution >= 0.6 is 0 Å². The van der Waals surface area contributed by atoms with Gasteiger partial charge in [0.2, 0.25) is 23.8 Å². The number of hydrogen-bond donors (Lipinski definition) is 4. The number of hydroxylamine groups is 4. The van der Waals surface area contributed by atoms with Crippen molar-refractivity contribution in [3.05, 3.63) is 0 Å². The molecule has 0 radical (unpaired) electrons. The molecule has 6 aliphatic rings. The molecule has 6 heterocycles. The van der Waals surface area contributed by atoms with E-state index in [0.29, 0.717) is 86.3 Å². The number of piperidine rings is 2. The molecule has 74 heavy (non-hydrogen) atoms. The lowest BCUT2D eigenvalue weighted by Crippen LogP contribution is -2.63. The first-order valence-electron chi connectivity index (χ1n) is 29.4. The van der Waals surface area contributed by atoms with Crippen molar-refractivity contribution in [1.29, 1.82) is 0 Å². The van der Waals surface area contributed by atoms with Crippen molar-refractivity contribution in [3.8, 4) is 12.0 Å². The molecule has 4 unspecified atom stereocenters. The molecule has 8 rings (SSSR count). The van der Waals surface area contributed by atoms with Gasteiger partial charge in [-0.3, -0.25) is 9.68 Å². The van der Waals surface area contributed by atoms with E-state index >= 15 is 0 Å². The van der Waals surface area contributed by atoms with Gasteiger partial charge in [0.25, 0.3) is 0 Å². The van der Waals surface area contributed by atoms with Gasteiger partial charge in [0.05, 0.1) is 25.4 Å². The smallest absolute Gasteiger partial charge is 0.323 e. The second kappa shape index (κ2) is 25.8. The first kappa shape index (κ1) is 56.8. The van der Waals surface area contributed by atoms with Crippen LogP contribution in [0.15, 0.2) is 0 Å². The Morgan fingerprint density at radius 3 is 1.19 bits per heavy atom.